The Morgan fingerprint density at radius 2 is 1.92 bits per heavy atom. The molecule has 7 heteroatoms. The van der Waals surface area contributed by atoms with Gasteiger partial charge in [-0.05, 0) is 37.1 Å². The lowest BCUT2D eigenvalue weighted by atomic mass is 9.97. The molecule has 1 aliphatic heterocycles. The normalized spacial score (nSPS) is 16.9. The van der Waals surface area contributed by atoms with Crippen molar-refractivity contribution in [3.63, 3.8) is 0 Å². The van der Waals surface area contributed by atoms with Crippen molar-refractivity contribution in [2.75, 3.05) is 45.9 Å². The Hall–Kier alpha value is -1.89. The summed E-state index contributed by atoms with van der Waals surface area (Å²) in [5.41, 5.74) is 0.505. The third-order valence-corrected chi connectivity index (χ3v) is 5.17. The molecule has 0 saturated carbocycles. The second kappa shape index (κ2) is 10.3. The first-order chi connectivity index (χ1) is 12.6. The van der Waals surface area contributed by atoms with Crippen LogP contribution in [-0.2, 0) is 4.79 Å². The van der Waals surface area contributed by atoms with Gasteiger partial charge < -0.3 is 19.7 Å². The summed E-state index contributed by atoms with van der Waals surface area (Å²) >= 11 is 1.69. The van der Waals surface area contributed by atoms with Crippen molar-refractivity contribution >= 4 is 23.6 Å². The van der Waals surface area contributed by atoms with Crippen molar-refractivity contribution in [2.24, 2.45) is 5.92 Å². The fourth-order valence-electron chi connectivity index (χ4n) is 3.08. The summed E-state index contributed by atoms with van der Waals surface area (Å²) < 4.78 is 10.4. The number of rotatable bonds is 8. The van der Waals surface area contributed by atoms with E-state index in [0.717, 1.165) is 31.7 Å². The molecule has 1 aliphatic rings. The van der Waals surface area contributed by atoms with Crippen LogP contribution in [0, 0.1) is 5.92 Å². The number of carbonyl (C=O) groups excluding carboxylic acids is 2. The first-order valence-corrected chi connectivity index (χ1v) is 10.2. The zero-order valence-electron chi connectivity index (χ0n) is 15.7. The number of ether oxygens (including phenoxy) is 2. The Kier molecular flexibility index (Phi) is 8.09. The number of thioether (sulfide) groups is 1. The fourth-order valence-corrected chi connectivity index (χ4v) is 3.46. The molecule has 1 unspecified atom stereocenters. The van der Waals surface area contributed by atoms with Gasteiger partial charge in [-0.25, -0.2) is 0 Å². The van der Waals surface area contributed by atoms with Gasteiger partial charge in [0.1, 0.15) is 11.5 Å². The molecule has 6 nitrogen and oxygen atoms in total. The predicted octanol–water partition coefficient (Wildman–Crippen LogP) is 2.43. The average Bonchev–Trinajstić information content (AvgIpc) is 2.69. The highest BCUT2D eigenvalue weighted by Crippen LogP contribution is 2.23. The van der Waals surface area contributed by atoms with Crippen LogP contribution in [0.2, 0.25) is 0 Å². The highest BCUT2D eigenvalue weighted by atomic mass is 32.2. The lowest BCUT2D eigenvalue weighted by Crippen LogP contribution is -2.43. The molecule has 2 amide bonds. The second-order valence-electron chi connectivity index (χ2n) is 6.40. The maximum absolute atomic E-state index is 12.5. The lowest BCUT2D eigenvalue weighted by Gasteiger charge is -2.33. The smallest absolute Gasteiger partial charge is 0.251 e. The van der Waals surface area contributed by atoms with E-state index in [1.165, 1.54) is 0 Å². The maximum atomic E-state index is 12.5. The lowest BCUT2D eigenvalue weighted by molar-refractivity contribution is -0.132. The van der Waals surface area contributed by atoms with Crippen LogP contribution in [0.5, 0.6) is 11.5 Å². The van der Waals surface area contributed by atoms with Gasteiger partial charge in [-0.2, -0.15) is 11.8 Å². The van der Waals surface area contributed by atoms with Crippen LogP contribution in [0.25, 0.3) is 0 Å². The van der Waals surface area contributed by atoms with Gasteiger partial charge in [-0.3, -0.25) is 9.59 Å². The molecule has 1 atom stereocenters. The third kappa shape index (κ3) is 5.83. The van der Waals surface area contributed by atoms with Crippen molar-refractivity contribution < 1.29 is 19.1 Å². The standard InChI is InChI=1S/C19H28N2O4S/c1-24-16-9-15(10-17(11-16)25-2)19(23)20-12-14-5-4-7-21(13-14)18(22)6-8-26-3/h9-11,14H,4-8,12-13H2,1-3H3,(H,20,23). The average molecular weight is 381 g/mol. The summed E-state index contributed by atoms with van der Waals surface area (Å²) in [7, 11) is 3.11. The molecule has 1 fully saturated rings. The molecule has 0 aromatic heterocycles. The minimum absolute atomic E-state index is 0.159. The first kappa shape index (κ1) is 20.4. The monoisotopic (exact) mass is 380 g/mol. The topological polar surface area (TPSA) is 67.9 Å². The maximum Gasteiger partial charge on any atom is 0.251 e. The Morgan fingerprint density at radius 3 is 2.54 bits per heavy atom. The number of methoxy groups -OCH3 is 2. The number of benzene rings is 1. The molecule has 0 bridgehead atoms. The van der Waals surface area contributed by atoms with E-state index in [-0.39, 0.29) is 11.8 Å². The molecule has 144 valence electrons. The van der Waals surface area contributed by atoms with Gasteiger partial charge in [-0.15, -0.1) is 0 Å². The van der Waals surface area contributed by atoms with Gasteiger partial charge >= 0.3 is 0 Å². The number of likely N-dealkylation sites (tertiary alicyclic amines) is 1. The molecule has 1 heterocycles. The van der Waals surface area contributed by atoms with Crippen LogP contribution in [0.3, 0.4) is 0 Å². The Morgan fingerprint density at radius 1 is 1.23 bits per heavy atom. The zero-order chi connectivity index (χ0) is 18.9. The van der Waals surface area contributed by atoms with Crippen molar-refractivity contribution in [1.29, 1.82) is 0 Å². The van der Waals surface area contributed by atoms with Crippen molar-refractivity contribution in [2.45, 2.75) is 19.3 Å². The third-order valence-electron chi connectivity index (χ3n) is 4.56. The minimum atomic E-state index is -0.159. The van der Waals surface area contributed by atoms with Crippen LogP contribution in [-0.4, -0.2) is 62.6 Å². The molecule has 0 spiro atoms. The highest BCUT2D eigenvalue weighted by molar-refractivity contribution is 7.98. The van der Waals surface area contributed by atoms with E-state index in [0.29, 0.717) is 35.9 Å². The zero-order valence-corrected chi connectivity index (χ0v) is 16.6. The minimum Gasteiger partial charge on any atom is -0.497 e. The number of piperidine rings is 1. The number of nitrogens with zero attached hydrogens (tertiary/aromatic N) is 1. The second-order valence-corrected chi connectivity index (χ2v) is 7.39. The SMILES string of the molecule is COc1cc(OC)cc(C(=O)NCC2CCCN(C(=O)CCSC)C2)c1. The van der Waals surface area contributed by atoms with E-state index >= 15 is 0 Å². The van der Waals surface area contributed by atoms with Crippen molar-refractivity contribution in [1.82, 2.24) is 10.2 Å². The quantitative estimate of drug-likeness (QED) is 0.750. The van der Waals surface area contributed by atoms with E-state index < -0.39 is 0 Å². The predicted molar refractivity (Wildman–Crippen MR) is 104 cm³/mol. The number of amides is 2. The van der Waals surface area contributed by atoms with Crippen LogP contribution in [0.1, 0.15) is 29.6 Å². The van der Waals surface area contributed by atoms with Crippen molar-refractivity contribution in [3.8, 4) is 11.5 Å². The largest absolute Gasteiger partial charge is 0.497 e. The highest BCUT2D eigenvalue weighted by Gasteiger charge is 2.23. The van der Waals surface area contributed by atoms with Crippen LogP contribution in [0.4, 0.5) is 0 Å². The Bertz CT molecular complexity index is 601. The van der Waals surface area contributed by atoms with Gasteiger partial charge in [0.2, 0.25) is 5.91 Å². The summed E-state index contributed by atoms with van der Waals surface area (Å²) in [5.74, 6) is 2.36. The van der Waals surface area contributed by atoms with Gasteiger partial charge in [-0.1, -0.05) is 0 Å². The van der Waals surface area contributed by atoms with Crippen molar-refractivity contribution in [3.05, 3.63) is 23.8 Å². The summed E-state index contributed by atoms with van der Waals surface area (Å²) in [5, 5.41) is 2.98. The molecule has 1 aromatic carbocycles. The molecule has 1 N–H and O–H groups in total. The Balaban J connectivity index is 1.89. The van der Waals surface area contributed by atoms with E-state index in [1.54, 1.807) is 44.2 Å². The Labute approximate surface area is 159 Å². The van der Waals surface area contributed by atoms with Crippen LogP contribution >= 0.6 is 11.8 Å². The van der Waals surface area contributed by atoms with Gasteiger partial charge in [0.25, 0.3) is 5.91 Å². The fraction of sp³-hybridized carbons (Fsp3) is 0.579. The number of nitrogens with one attached hydrogen (secondary N) is 1. The van der Waals surface area contributed by atoms with Gasteiger partial charge in [0, 0.05) is 43.4 Å². The summed E-state index contributed by atoms with van der Waals surface area (Å²) in [6, 6.07) is 5.12. The molecule has 1 aromatic rings. The molecule has 1 saturated heterocycles. The molecular weight excluding hydrogens is 352 g/mol. The van der Waals surface area contributed by atoms with E-state index in [2.05, 4.69) is 5.32 Å². The molecule has 0 aliphatic carbocycles. The molecular formula is C19H28N2O4S. The van der Waals surface area contributed by atoms with E-state index in [1.807, 2.05) is 11.2 Å². The van der Waals surface area contributed by atoms with E-state index in [4.69, 9.17) is 9.47 Å². The molecule has 26 heavy (non-hydrogen) atoms. The van der Waals surface area contributed by atoms with Gasteiger partial charge in [0.15, 0.2) is 0 Å². The number of hydrogen-bond donors (Lipinski definition) is 1. The number of hydrogen-bond acceptors (Lipinski definition) is 5. The number of carbonyl (C=O) groups is 2. The van der Waals surface area contributed by atoms with E-state index in [9.17, 15) is 9.59 Å². The molecule has 2 rings (SSSR count). The van der Waals surface area contributed by atoms with Gasteiger partial charge in [0.05, 0.1) is 14.2 Å². The summed E-state index contributed by atoms with van der Waals surface area (Å²) in [6.07, 6.45) is 4.60. The summed E-state index contributed by atoms with van der Waals surface area (Å²) in [4.78, 5) is 26.6. The summed E-state index contributed by atoms with van der Waals surface area (Å²) in [6.45, 7) is 2.10. The van der Waals surface area contributed by atoms with Crippen LogP contribution in [0.15, 0.2) is 18.2 Å². The first-order valence-electron chi connectivity index (χ1n) is 8.85. The molecule has 0 radical (unpaired) electrons. The van der Waals surface area contributed by atoms with Crippen LogP contribution < -0.4 is 14.8 Å².